The van der Waals surface area contributed by atoms with Gasteiger partial charge in [-0.1, -0.05) is 12.8 Å². The van der Waals surface area contributed by atoms with Gasteiger partial charge in [0.05, 0.1) is 11.3 Å². The van der Waals surface area contributed by atoms with Gasteiger partial charge in [-0.25, -0.2) is 0 Å². The fourth-order valence-corrected chi connectivity index (χ4v) is 4.80. The van der Waals surface area contributed by atoms with Crippen LogP contribution in [0.2, 0.25) is 0 Å². The number of carbonyl (C=O) groups excluding carboxylic acids is 1. The average molecular weight is 369 g/mol. The van der Waals surface area contributed by atoms with Crippen LogP contribution in [0.5, 0.6) is 0 Å². The lowest BCUT2D eigenvalue weighted by molar-refractivity contribution is -0.183. The Labute approximate surface area is 147 Å². The molecule has 3 aliphatic rings. The molecule has 0 radical (unpaired) electrons. The summed E-state index contributed by atoms with van der Waals surface area (Å²) < 4.78 is 38.1. The Morgan fingerprint density at radius 1 is 1.12 bits per heavy atom. The minimum absolute atomic E-state index is 0. The number of amides is 1. The molecule has 1 amide bonds. The number of rotatable bonds is 3. The van der Waals surface area contributed by atoms with Crippen molar-refractivity contribution in [3.8, 4) is 0 Å². The van der Waals surface area contributed by atoms with E-state index in [1.165, 1.54) is 6.42 Å². The van der Waals surface area contributed by atoms with Crippen LogP contribution < -0.4 is 10.6 Å². The maximum atomic E-state index is 12.7. The van der Waals surface area contributed by atoms with Gasteiger partial charge in [0.25, 0.3) is 0 Å². The Kier molecular flexibility index (Phi) is 6.46. The number of hydrogen-bond acceptors (Lipinski definition) is 2. The summed E-state index contributed by atoms with van der Waals surface area (Å²) in [5.41, 5.74) is -0.262. The molecule has 0 aromatic heterocycles. The summed E-state index contributed by atoms with van der Waals surface area (Å²) in [6.45, 7) is 2.21. The Hall–Kier alpha value is -0.490. The monoisotopic (exact) mass is 368 g/mol. The highest BCUT2D eigenvalue weighted by Gasteiger charge is 2.50. The van der Waals surface area contributed by atoms with Crippen molar-refractivity contribution in [1.82, 2.24) is 10.6 Å². The van der Waals surface area contributed by atoms with Crippen molar-refractivity contribution in [2.24, 2.45) is 23.2 Å². The Morgan fingerprint density at radius 3 is 2.50 bits per heavy atom. The first-order chi connectivity index (χ1) is 10.9. The summed E-state index contributed by atoms with van der Waals surface area (Å²) in [5.74, 6) is -0.387. The number of hydrogen-bond donors (Lipinski definition) is 2. The zero-order valence-corrected chi connectivity index (χ0v) is 14.8. The molecule has 3 nitrogen and oxygen atoms in total. The normalized spacial score (nSPS) is 36.5. The molecule has 0 bridgehead atoms. The van der Waals surface area contributed by atoms with Crippen LogP contribution in [0.15, 0.2) is 0 Å². The standard InChI is InChI=1S/C17H27F3N2O.ClH/c18-17(19,20)13-6-4-12(5-7-13)9-22-15(23)16-8-2-1-3-14(16)10-21-11-16;/h12-14,21H,1-11H2,(H,22,23);1H/t12?,13?,14-,16+;/m0./s1. The molecule has 7 heteroatoms. The molecule has 2 aliphatic carbocycles. The van der Waals surface area contributed by atoms with Crippen LogP contribution in [0.25, 0.3) is 0 Å². The molecule has 0 aromatic carbocycles. The van der Waals surface area contributed by atoms with E-state index < -0.39 is 12.1 Å². The SMILES string of the molecule is Cl.O=C(NCC1CCC(C(F)(F)F)CC1)[C@@]12CCCC[C@H]1CNC2. The highest BCUT2D eigenvalue weighted by molar-refractivity contribution is 5.85. The lowest BCUT2D eigenvalue weighted by Crippen LogP contribution is -2.49. The lowest BCUT2D eigenvalue weighted by atomic mass is 9.67. The molecule has 1 aliphatic heterocycles. The van der Waals surface area contributed by atoms with Crippen molar-refractivity contribution in [2.75, 3.05) is 19.6 Å². The van der Waals surface area contributed by atoms with Gasteiger partial charge in [-0.2, -0.15) is 13.2 Å². The van der Waals surface area contributed by atoms with E-state index >= 15 is 0 Å². The van der Waals surface area contributed by atoms with E-state index in [9.17, 15) is 18.0 Å². The smallest absolute Gasteiger partial charge is 0.355 e. The van der Waals surface area contributed by atoms with E-state index in [4.69, 9.17) is 0 Å². The molecule has 1 heterocycles. The predicted molar refractivity (Wildman–Crippen MR) is 89.0 cm³/mol. The second kappa shape index (κ2) is 7.81. The largest absolute Gasteiger partial charge is 0.391 e. The summed E-state index contributed by atoms with van der Waals surface area (Å²) >= 11 is 0. The van der Waals surface area contributed by atoms with Crippen molar-refractivity contribution < 1.29 is 18.0 Å². The average Bonchev–Trinajstić information content (AvgIpc) is 2.97. The number of nitrogens with one attached hydrogen (secondary N) is 2. The third-order valence-electron chi connectivity index (χ3n) is 6.35. The van der Waals surface area contributed by atoms with Crippen LogP contribution in [0.3, 0.4) is 0 Å². The van der Waals surface area contributed by atoms with Gasteiger partial charge in [-0.05, 0) is 56.9 Å². The minimum Gasteiger partial charge on any atom is -0.355 e. The zero-order valence-electron chi connectivity index (χ0n) is 14.0. The Balaban J connectivity index is 0.00000208. The summed E-state index contributed by atoms with van der Waals surface area (Å²) in [7, 11) is 0. The quantitative estimate of drug-likeness (QED) is 0.798. The van der Waals surface area contributed by atoms with Crippen molar-refractivity contribution in [3.05, 3.63) is 0 Å². The van der Waals surface area contributed by atoms with Gasteiger partial charge in [0.1, 0.15) is 0 Å². The molecule has 2 atom stereocenters. The number of fused-ring (bicyclic) bond motifs is 1. The molecular formula is C17H28ClF3N2O. The van der Waals surface area contributed by atoms with Crippen LogP contribution in [-0.4, -0.2) is 31.7 Å². The summed E-state index contributed by atoms with van der Waals surface area (Å²) in [6, 6.07) is 0. The maximum Gasteiger partial charge on any atom is 0.391 e. The molecule has 1 saturated heterocycles. The summed E-state index contributed by atoms with van der Waals surface area (Å²) in [6.07, 6.45) is 1.84. The van der Waals surface area contributed by atoms with E-state index in [1.54, 1.807) is 0 Å². The molecule has 140 valence electrons. The van der Waals surface area contributed by atoms with Crippen LogP contribution in [0.1, 0.15) is 51.4 Å². The number of halogens is 4. The molecule has 2 N–H and O–H groups in total. The zero-order chi connectivity index (χ0) is 16.5. The van der Waals surface area contributed by atoms with Gasteiger partial charge in [-0.15, -0.1) is 12.4 Å². The molecule has 24 heavy (non-hydrogen) atoms. The van der Waals surface area contributed by atoms with Gasteiger partial charge < -0.3 is 10.6 Å². The van der Waals surface area contributed by atoms with E-state index in [1.807, 2.05) is 0 Å². The molecule has 3 rings (SSSR count). The second-order valence-electron chi connectivity index (χ2n) is 7.70. The molecule has 0 unspecified atom stereocenters. The third-order valence-corrected chi connectivity index (χ3v) is 6.35. The highest BCUT2D eigenvalue weighted by atomic mass is 35.5. The van der Waals surface area contributed by atoms with E-state index in [-0.39, 0.29) is 42.5 Å². The summed E-state index contributed by atoms with van der Waals surface area (Å²) in [4.78, 5) is 12.7. The fourth-order valence-electron chi connectivity index (χ4n) is 4.80. The molecule has 2 saturated carbocycles. The molecule has 3 fully saturated rings. The van der Waals surface area contributed by atoms with Crippen molar-refractivity contribution >= 4 is 18.3 Å². The van der Waals surface area contributed by atoms with Crippen LogP contribution in [-0.2, 0) is 4.79 Å². The first kappa shape index (κ1) is 19.8. The van der Waals surface area contributed by atoms with E-state index in [2.05, 4.69) is 10.6 Å². The first-order valence-electron chi connectivity index (χ1n) is 8.97. The van der Waals surface area contributed by atoms with Crippen molar-refractivity contribution in [1.29, 1.82) is 0 Å². The topological polar surface area (TPSA) is 41.1 Å². The van der Waals surface area contributed by atoms with E-state index in [0.29, 0.717) is 25.3 Å². The number of carbonyl (C=O) groups is 1. The van der Waals surface area contributed by atoms with Gasteiger partial charge >= 0.3 is 6.18 Å². The first-order valence-corrected chi connectivity index (χ1v) is 8.97. The van der Waals surface area contributed by atoms with Gasteiger partial charge in [-0.3, -0.25) is 4.79 Å². The highest BCUT2D eigenvalue weighted by Crippen LogP contribution is 2.44. The van der Waals surface area contributed by atoms with Gasteiger partial charge in [0, 0.05) is 13.1 Å². The molecule has 0 spiro atoms. The van der Waals surface area contributed by atoms with Gasteiger partial charge in [0.2, 0.25) is 5.91 Å². The lowest BCUT2D eigenvalue weighted by Gasteiger charge is -2.38. The predicted octanol–water partition coefficient (Wildman–Crippen LogP) is 3.67. The van der Waals surface area contributed by atoms with Gasteiger partial charge in [0.15, 0.2) is 0 Å². The molecule has 0 aromatic rings. The Morgan fingerprint density at radius 2 is 1.83 bits per heavy atom. The number of alkyl halides is 3. The van der Waals surface area contributed by atoms with Crippen LogP contribution in [0, 0.1) is 23.2 Å². The molecular weight excluding hydrogens is 341 g/mol. The maximum absolute atomic E-state index is 12.7. The second-order valence-corrected chi connectivity index (χ2v) is 7.70. The van der Waals surface area contributed by atoms with E-state index in [0.717, 1.165) is 32.4 Å². The Bertz CT molecular complexity index is 438. The van der Waals surface area contributed by atoms with Crippen LogP contribution in [0.4, 0.5) is 13.2 Å². The fraction of sp³-hybridized carbons (Fsp3) is 0.941. The summed E-state index contributed by atoms with van der Waals surface area (Å²) in [5, 5.41) is 6.44. The third kappa shape index (κ3) is 4.01. The van der Waals surface area contributed by atoms with Crippen molar-refractivity contribution in [2.45, 2.75) is 57.5 Å². The minimum atomic E-state index is -4.06. The van der Waals surface area contributed by atoms with Crippen molar-refractivity contribution in [3.63, 3.8) is 0 Å². The van der Waals surface area contributed by atoms with Crippen LogP contribution >= 0.6 is 12.4 Å².